The van der Waals surface area contributed by atoms with Gasteiger partial charge in [0, 0.05) is 5.56 Å². The van der Waals surface area contributed by atoms with Gasteiger partial charge in [0.2, 0.25) is 5.82 Å². The van der Waals surface area contributed by atoms with Crippen LogP contribution in [0, 0.1) is 6.92 Å². The van der Waals surface area contributed by atoms with Crippen LogP contribution >= 0.6 is 11.6 Å². The molecular weight excluding hydrogens is 268 g/mol. The van der Waals surface area contributed by atoms with Crippen LogP contribution in [0.3, 0.4) is 0 Å². The zero-order valence-electron chi connectivity index (χ0n) is 9.92. The highest BCUT2D eigenvalue weighted by Crippen LogP contribution is 2.30. The van der Waals surface area contributed by atoms with Gasteiger partial charge in [-0.05, 0) is 36.8 Å². The Kier molecular flexibility index (Phi) is 2.76. The number of rotatable bonds is 2. The van der Waals surface area contributed by atoms with E-state index >= 15 is 0 Å². The first-order valence-electron chi connectivity index (χ1n) is 5.52. The van der Waals surface area contributed by atoms with Crippen molar-refractivity contribution < 1.29 is 14.0 Å². The van der Waals surface area contributed by atoms with Crippen LogP contribution in [0.25, 0.3) is 23.0 Å². The molecule has 0 aliphatic rings. The number of furan rings is 1. The number of phenols is 1. The van der Waals surface area contributed by atoms with Crippen LogP contribution in [0.5, 0.6) is 5.75 Å². The highest BCUT2D eigenvalue weighted by molar-refractivity contribution is 6.32. The first-order valence-corrected chi connectivity index (χ1v) is 5.90. The number of phenolic OH excluding ortho intramolecular Hbond substituents is 1. The Labute approximate surface area is 113 Å². The molecule has 3 rings (SSSR count). The summed E-state index contributed by atoms with van der Waals surface area (Å²) in [6, 6.07) is 6.50. The number of aryl methyl sites for hydroxylation is 1. The fourth-order valence-corrected chi connectivity index (χ4v) is 1.86. The molecule has 5 nitrogen and oxygen atoms in total. The molecule has 0 bridgehead atoms. The van der Waals surface area contributed by atoms with E-state index < -0.39 is 0 Å². The molecule has 0 unspecified atom stereocenters. The molecule has 0 aliphatic carbocycles. The average molecular weight is 277 g/mol. The van der Waals surface area contributed by atoms with Gasteiger partial charge >= 0.3 is 0 Å². The summed E-state index contributed by atoms with van der Waals surface area (Å²) in [6.07, 6.45) is 1.57. The van der Waals surface area contributed by atoms with Gasteiger partial charge in [0.15, 0.2) is 5.76 Å². The molecule has 0 fully saturated rings. The van der Waals surface area contributed by atoms with Crippen LogP contribution in [0.15, 0.2) is 39.5 Å². The van der Waals surface area contributed by atoms with Crippen molar-refractivity contribution in [2.24, 2.45) is 0 Å². The zero-order chi connectivity index (χ0) is 13.4. The van der Waals surface area contributed by atoms with Crippen molar-refractivity contribution in [2.45, 2.75) is 6.92 Å². The topological polar surface area (TPSA) is 72.3 Å². The second-order valence-corrected chi connectivity index (χ2v) is 4.43. The van der Waals surface area contributed by atoms with Gasteiger partial charge in [0.1, 0.15) is 5.75 Å². The minimum Gasteiger partial charge on any atom is -0.506 e. The summed E-state index contributed by atoms with van der Waals surface area (Å²) in [5.74, 6) is 1.27. The van der Waals surface area contributed by atoms with Crippen LogP contribution in [-0.2, 0) is 0 Å². The molecule has 96 valence electrons. The van der Waals surface area contributed by atoms with E-state index in [1.807, 2.05) is 13.0 Å². The van der Waals surface area contributed by atoms with E-state index in [-0.39, 0.29) is 10.8 Å². The summed E-state index contributed by atoms with van der Waals surface area (Å²) in [6.45, 7) is 1.90. The van der Waals surface area contributed by atoms with Crippen LogP contribution in [0.4, 0.5) is 0 Å². The summed E-state index contributed by atoms with van der Waals surface area (Å²) in [7, 11) is 0. The molecule has 0 amide bonds. The van der Waals surface area contributed by atoms with Crippen LogP contribution < -0.4 is 0 Å². The first-order chi connectivity index (χ1) is 9.15. The Morgan fingerprint density at radius 2 is 2.11 bits per heavy atom. The van der Waals surface area contributed by atoms with Crippen LogP contribution in [0.2, 0.25) is 5.02 Å². The highest BCUT2D eigenvalue weighted by atomic mass is 35.5. The maximum atomic E-state index is 9.37. The first kappa shape index (κ1) is 11.8. The lowest BCUT2D eigenvalue weighted by Gasteiger charge is -1.97. The monoisotopic (exact) mass is 276 g/mol. The maximum absolute atomic E-state index is 9.37. The van der Waals surface area contributed by atoms with Crippen molar-refractivity contribution in [1.29, 1.82) is 0 Å². The molecule has 19 heavy (non-hydrogen) atoms. The third kappa shape index (κ3) is 2.08. The van der Waals surface area contributed by atoms with Gasteiger partial charge < -0.3 is 14.0 Å². The van der Waals surface area contributed by atoms with Crippen LogP contribution in [-0.4, -0.2) is 15.2 Å². The number of nitrogens with zero attached hydrogens (tertiary/aromatic N) is 2. The third-order valence-electron chi connectivity index (χ3n) is 2.69. The number of aromatic hydroxyl groups is 1. The minimum absolute atomic E-state index is 0.00651. The molecule has 0 saturated carbocycles. The van der Waals surface area contributed by atoms with Gasteiger partial charge in [0.25, 0.3) is 5.89 Å². The van der Waals surface area contributed by atoms with E-state index in [0.29, 0.717) is 23.0 Å². The second kappa shape index (κ2) is 4.44. The highest BCUT2D eigenvalue weighted by Gasteiger charge is 2.15. The van der Waals surface area contributed by atoms with Gasteiger partial charge in [-0.2, -0.15) is 4.98 Å². The van der Waals surface area contributed by atoms with Crippen molar-refractivity contribution in [3.05, 3.63) is 41.1 Å². The van der Waals surface area contributed by atoms with Gasteiger partial charge in [0.05, 0.1) is 11.3 Å². The fourth-order valence-electron chi connectivity index (χ4n) is 1.67. The Hall–Kier alpha value is -2.27. The lowest BCUT2D eigenvalue weighted by molar-refractivity contribution is 0.429. The molecule has 3 aromatic rings. The average Bonchev–Trinajstić information content (AvgIpc) is 3.01. The lowest BCUT2D eigenvalue weighted by Crippen LogP contribution is -1.81. The Morgan fingerprint density at radius 3 is 2.79 bits per heavy atom. The fraction of sp³-hybridized carbons (Fsp3) is 0.0769. The molecule has 2 heterocycles. The van der Waals surface area contributed by atoms with Crippen LogP contribution in [0.1, 0.15) is 5.56 Å². The molecule has 6 heteroatoms. The molecule has 1 aromatic carbocycles. The van der Waals surface area contributed by atoms with E-state index in [9.17, 15) is 5.11 Å². The summed E-state index contributed by atoms with van der Waals surface area (Å²) in [4.78, 5) is 4.24. The Bertz CT molecular complexity index is 733. The molecule has 1 N–H and O–H groups in total. The third-order valence-corrected chi connectivity index (χ3v) is 2.99. The van der Waals surface area contributed by atoms with E-state index in [1.165, 1.54) is 6.07 Å². The minimum atomic E-state index is 0.00651. The predicted octanol–water partition coefficient (Wildman–Crippen LogP) is 3.66. The summed E-state index contributed by atoms with van der Waals surface area (Å²) in [5.41, 5.74) is 1.56. The van der Waals surface area contributed by atoms with Crippen molar-refractivity contribution in [3.63, 3.8) is 0 Å². The molecule has 0 atom stereocenters. The Balaban J connectivity index is 2.01. The number of benzene rings is 1. The standard InChI is InChI=1S/C13H9ClN2O3/c1-7-4-5-18-11(7)12-15-13(19-16-12)8-2-3-10(17)9(14)6-8/h2-6,17H,1H3. The number of hydrogen-bond acceptors (Lipinski definition) is 5. The van der Waals surface area contributed by atoms with Gasteiger partial charge in [-0.3, -0.25) is 0 Å². The quantitative estimate of drug-likeness (QED) is 0.773. The normalized spacial score (nSPS) is 10.8. The number of hydrogen-bond donors (Lipinski definition) is 1. The van der Waals surface area contributed by atoms with Gasteiger partial charge in [-0.25, -0.2) is 0 Å². The zero-order valence-corrected chi connectivity index (χ0v) is 10.7. The molecule has 0 aliphatic heterocycles. The van der Waals surface area contributed by atoms with E-state index in [1.54, 1.807) is 18.4 Å². The maximum Gasteiger partial charge on any atom is 0.258 e. The van der Waals surface area contributed by atoms with Crippen molar-refractivity contribution in [1.82, 2.24) is 10.1 Å². The van der Waals surface area contributed by atoms with Crippen molar-refractivity contribution in [3.8, 4) is 28.8 Å². The van der Waals surface area contributed by atoms with E-state index in [4.69, 9.17) is 20.5 Å². The second-order valence-electron chi connectivity index (χ2n) is 4.02. The lowest BCUT2D eigenvalue weighted by atomic mass is 10.2. The predicted molar refractivity (Wildman–Crippen MR) is 68.8 cm³/mol. The summed E-state index contributed by atoms with van der Waals surface area (Å²) < 4.78 is 10.5. The SMILES string of the molecule is Cc1ccoc1-c1noc(-c2ccc(O)c(Cl)c2)n1. The largest absolute Gasteiger partial charge is 0.506 e. The molecule has 0 saturated heterocycles. The molecule has 0 spiro atoms. The van der Waals surface area contributed by atoms with Crippen molar-refractivity contribution >= 4 is 11.6 Å². The number of aromatic nitrogens is 2. The molecule has 2 aromatic heterocycles. The van der Waals surface area contributed by atoms with Crippen molar-refractivity contribution in [2.75, 3.05) is 0 Å². The number of halogens is 1. The Morgan fingerprint density at radius 1 is 1.26 bits per heavy atom. The summed E-state index contributed by atoms with van der Waals surface area (Å²) >= 11 is 5.84. The molecule has 0 radical (unpaired) electrons. The smallest absolute Gasteiger partial charge is 0.258 e. The van der Waals surface area contributed by atoms with E-state index in [0.717, 1.165) is 5.56 Å². The molecular formula is C13H9ClN2O3. The van der Waals surface area contributed by atoms with Gasteiger partial charge in [-0.1, -0.05) is 16.8 Å². The van der Waals surface area contributed by atoms with E-state index in [2.05, 4.69) is 10.1 Å². The summed E-state index contributed by atoms with van der Waals surface area (Å²) in [5, 5.41) is 13.5. The van der Waals surface area contributed by atoms with Gasteiger partial charge in [-0.15, -0.1) is 0 Å².